The Kier molecular flexibility index (Phi) is 4.08. The van der Waals surface area contributed by atoms with Crippen LogP contribution in [0.15, 0.2) is 36.4 Å². The van der Waals surface area contributed by atoms with Gasteiger partial charge in [-0.15, -0.1) is 0 Å². The van der Waals surface area contributed by atoms with Crippen LogP contribution in [0.3, 0.4) is 0 Å². The first-order chi connectivity index (χ1) is 12.2. The lowest BCUT2D eigenvalue weighted by Gasteiger charge is -2.47. The van der Waals surface area contributed by atoms with E-state index in [-0.39, 0.29) is 0 Å². The normalized spacial score (nSPS) is 27.8. The van der Waals surface area contributed by atoms with E-state index < -0.39 is 0 Å². The molecule has 3 aliphatic carbocycles. The molecule has 3 unspecified atom stereocenters. The van der Waals surface area contributed by atoms with Crippen molar-refractivity contribution in [2.24, 2.45) is 5.92 Å². The van der Waals surface area contributed by atoms with Crippen molar-refractivity contribution in [1.82, 2.24) is 4.90 Å². The van der Waals surface area contributed by atoms with Gasteiger partial charge in [0.15, 0.2) is 0 Å². The summed E-state index contributed by atoms with van der Waals surface area (Å²) in [6.45, 7) is 3.70. The van der Waals surface area contributed by atoms with Crippen LogP contribution in [0.1, 0.15) is 59.8 Å². The van der Waals surface area contributed by atoms with Crippen molar-refractivity contribution < 1.29 is 0 Å². The summed E-state index contributed by atoms with van der Waals surface area (Å²) in [5, 5.41) is 1.86. The van der Waals surface area contributed by atoms with E-state index in [0.29, 0.717) is 17.8 Å². The van der Waals surface area contributed by atoms with Crippen molar-refractivity contribution >= 4 is 23.2 Å². The van der Waals surface area contributed by atoms with E-state index in [1.54, 1.807) is 0 Å². The molecule has 3 heteroatoms. The van der Waals surface area contributed by atoms with E-state index in [0.717, 1.165) is 10.0 Å². The van der Waals surface area contributed by atoms with E-state index >= 15 is 0 Å². The molecule has 1 aliphatic heterocycles. The van der Waals surface area contributed by atoms with Crippen LogP contribution in [0.2, 0.25) is 10.0 Å². The van der Waals surface area contributed by atoms with Crippen LogP contribution < -0.4 is 0 Å². The summed E-state index contributed by atoms with van der Waals surface area (Å²) < 4.78 is 0. The van der Waals surface area contributed by atoms with E-state index in [4.69, 9.17) is 23.2 Å². The molecule has 0 aromatic heterocycles. The number of halogens is 2. The predicted molar refractivity (Wildman–Crippen MR) is 105 cm³/mol. The van der Waals surface area contributed by atoms with Gasteiger partial charge in [-0.1, -0.05) is 53.9 Å². The number of hydrogen-bond donors (Lipinski definition) is 0. The van der Waals surface area contributed by atoms with Gasteiger partial charge in [0.05, 0.1) is 0 Å². The summed E-state index contributed by atoms with van der Waals surface area (Å²) in [7, 11) is 0. The zero-order valence-electron chi connectivity index (χ0n) is 14.3. The van der Waals surface area contributed by atoms with E-state index in [9.17, 15) is 0 Å². The maximum atomic E-state index is 6.70. The Balaban J connectivity index is 1.60. The van der Waals surface area contributed by atoms with Gasteiger partial charge in [0.1, 0.15) is 0 Å². The predicted octanol–water partition coefficient (Wildman–Crippen LogP) is 6.08. The molecule has 0 N–H and O–H groups in total. The summed E-state index contributed by atoms with van der Waals surface area (Å²) in [5.41, 5.74) is 5.57. The third-order valence-corrected chi connectivity index (χ3v) is 7.15. The molecule has 1 heterocycles. The van der Waals surface area contributed by atoms with E-state index in [1.165, 1.54) is 67.6 Å². The molecule has 0 spiro atoms. The number of benzene rings is 2. The minimum atomic E-state index is 0.393. The van der Waals surface area contributed by atoms with Gasteiger partial charge in [-0.25, -0.2) is 0 Å². The van der Waals surface area contributed by atoms with Crippen LogP contribution in [0, 0.1) is 5.92 Å². The first-order valence-electron chi connectivity index (χ1n) is 9.53. The SMILES string of the molecule is Clc1cccc2c1C1CC(CN3CCCCC3)C2c2c(Cl)cccc21. The molecule has 2 aromatic rings. The lowest BCUT2D eigenvalue weighted by atomic mass is 9.59. The monoisotopic (exact) mass is 371 g/mol. The zero-order valence-corrected chi connectivity index (χ0v) is 15.9. The summed E-state index contributed by atoms with van der Waals surface area (Å²) in [5.74, 6) is 1.43. The molecule has 1 fully saturated rings. The minimum absolute atomic E-state index is 0.393. The molecular formula is C22H23Cl2N. The highest BCUT2D eigenvalue weighted by Gasteiger charge is 2.45. The summed E-state index contributed by atoms with van der Waals surface area (Å²) in [4.78, 5) is 2.68. The van der Waals surface area contributed by atoms with Gasteiger partial charge in [0, 0.05) is 28.4 Å². The van der Waals surface area contributed by atoms with Gasteiger partial charge in [-0.05, 0) is 72.7 Å². The molecule has 4 aliphatic rings. The number of fused-ring (bicyclic) bond motifs is 1. The third-order valence-electron chi connectivity index (χ3n) is 6.49. The summed E-state index contributed by atoms with van der Waals surface area (Å²) >= 11 is 13.3. The van der Waals surface area contributed by atoms with Gasteiger partial charge in [0.25, 0.3) is 0 Å². The molecule has 0 amide bonds. The second kappa shape index (κ2) is 6.30. The second-order valence-electron chi connectivity index (χ2n) is 7.87. The molecule has 130 valence electrons. The smallest absolute Gasteiger partial charge is 0.0447 e. The lowest BCUT2D eigenvalue weighted by Crippen LogP contribution is -2.41. The fourth-order valence-corrected chi connectivity index (χ4v) is 6.13. The largest absolute Gasteiger partial charge is 0.303 e. The Morgan fingerprint density at radius 2 is 1.52 bits per heavy atom. The van der Waals surface area contributed by atoms with Crippen LogP contribution in [0.4, 0.5) is 0 Å². The van der Waals surface area contributed by atoms with Crippen molar-refractivity contribution in [2.75, 3.05) is 19.6 Å². The number of likely N-dealkylation sites (tertiary alicyclic amines) is 1. The van der Waals surface area contributed by atoms with Gasteiger partial charge >= 0.3 is 0 Å². The van der Waals surface area contributed by atoms with Gasteiger partial charge < -0.3 is 4.90 Å². The van der Waals surface area contributed by atoms with Crippen LogP contribution in [0.25, 0.3) is 0 Å². The molecule has 2 bridgehead atoms. The molecule has 25 heavy (non-hydrogen) atoms. The molecule has 3 atom stereocenters. The highest BCUT2D eigenvalue weighted by atomic mass is 35.5. The van der Waals surface area contributed by atoms with Crippen LogP contribution in [0.5, 0.6) is 0 Å². The molecule has 2 aromatic carbocycles. The van der Waals surface area contributed by atoms with E-state index in [2.05, 4.69) is 35.2 Å². The molecule has 0 radical (unpaired) electrons. The average Bonchev–Trinajstić information content (AvgIpc) is 2.63. The van der Waals surface area contributed by atoms with Crippen molar-refractivity contribution in [2.45, 2.75) is 37.5 Å². The molecule has 1 nitrogen and oxygen atoms in total. The molecular weight excluding hydrogens is 349 g/mol. The molecule has 0 saturated carbocycles. The highest BCUT2D eigenvalue weighted by Crippen LogP contribution is 2.58. The molecule has 1 saturated heterocycles. The summed E-state index contributed by atoms with van der Waals surface area (Å²) in [6.07, 6.45) is 5.28. The standard InChI is InChI=1S/C22H23Cl2N/c23-18-8-5-7-16-20-14(13-25-10-2-1-3-11-25)12-17(21(16)18)15-6-4-9-19(24)22(15)20/h4-9,14,17,20H,1-3,10-13H2. The number of rotatable bonds is 2. The quantitative estimate of drug-likeness (QED) is 0.618. The van der Waals surface area contributed by atoms with Crippen molar-refractivity contribution in [3.05, 3.63) is 68.7 Å². The topological polar surface area (TPSA) is 3.24 Å². The fourth-order valence-electron chi connectivity index (χ4n) is 5.52. The number of hydrogen-bond acceptors (Lipinski definition) is 1. The minimum Gasteiger partial charge on any atom is -0.303 e. The fraction of sp³-hybridized carbons (Fsp3) is 0.455. The maximum absolute atomic E-state index is 6.70. The summed E-state index contributed by atoms with van der Waals surface area (Å²) in [6, 6.07) is 12.9. The van der Waals surface area contributed by atoms with Crippen molar-refractivity contribution in [1.29, 1.82) is 0 Å². The second-order valence-corrected chi connectivity index (χ2v) is 8.69. The Hall–Kier alpha value is -1.02. The lowest BCUT2D eigenvalue weighted by molar-refractivity contribution is 0.171. The van der Waals surface area contributed by atoms with Crippen molar-refractivity contribution in [3.63, 3.8) is 0 Å². The van der Waals surface area contributed by atoms with Gasteiger partial charge in [-0.2, -0.15) is 0 Å². The first-order valence-corrected chi connectivity index (χ1v) is 10.3. The van der Waals surface area contributed by atoms with Crippen LogP contribution in [-0.4, -0.2) is 24.5 Å². The number of nitrogens with zero attached hydrogens (tertiary/aromatic N) is 1. The number of piperidine rings is 1. The van der Waals surface area contributed by atoms with Gasteiger partial charge in [-0.3, -0.25) is 0 Å². The van der Waals surface area contributed by atoms with Gasteiger partial charge in [0.2, 0.25) is 0 Å². The van der Waals surface area contributed by atoms with Crippen LogP contribution in [-0.2, 0) is 0 Å². The van der Waals surface area contributed by atoms with E-state index in [1.807, 2.05) is 6.07 Å². The zero-order chi connectivity index (χ0) is 17.0. The average molecular weight is 372 g/mol. The highest BCUT2D eigenvalue weighted by molar-refractivity contribution is 6.32. The first kappa shape index (κ1) is 16.2. The Labute approximate surface area is 159 Å². The molecule has 6 rings (SSSR count). The third kappa shape index (κ3) is 2.55. The van der Waals surface area contributed by atoms with Crippen LogP contribution >= 0.6 is 23.2 Å². The Bertz CT molecular complexity index is 810. The Morgan fingerprint density at radius 3 is 2.28 bits per heavy atom. The maximum Gasteiger partial charge on any atom is 0.0447 e. The van der Waals surface area contributed by atoms with Crippen molar-refractivity contribution in [3.8, 4) is 0 Å². The Morgan fingerprint density at radius 1 is 0.840 bits per heavy atom.